The van der Waals surface area contributed by atoms with Crippen molar-refractivity contribution in [3.05, 3.63) is 58.6 Å². The summed E-state index contributed by atoms with van der Waals surface area (Å²) in [4.78, 5) is 54.7. The molecule has 1 amide bonds. The van der Waals surface area contributed by atoms with Gasteiger partial charge in [0.1, 0.15) is 24.0 Å². The van der Waals surface area contributed by atoms with Crippen LogP contribution < -0.4 is 0 Å². The molecule has 3 atom stereocenters. The number of thioether (sulfide) groups is 1. The van der Waals surface area contributed by atoms with Gasteiger partial charge in [-0.05, 0) is 32.8 Å². The van der Waals surface area contributed by atoms with Crippen LogP contribution >= 0.6 is 11.8 Å². The van der Waals surface area contributed by atoms with Gasteiger partial charge in [0.25, 0.3) is 0 Å². The number of fused-ring (bicyclic) bond motifs is 1. The second kappa shape index (κ2) is 11.0. The van der Waals surface area contributed by atoms with Crippen LogP contribution in [-0.2, 0) is 40.0 Å². The maximum Gasteiger partial charge on any atom is 0.355 e. The lowest BCUT2D eigenvalue weighted by Crippen LogP contribution is -2.64. The monoisotopic (exact) mass is 500 g/mol. The minimum absolute atomic E-state index is 0.0162. The van der Waals surface area contributed by atoms with E-state index in [-0.39, 0.29) is 30.9 Å². The standard InChI is InChI=1S/C25H28N2O7S/c1-15(28)33-18(11-12-19(29)32-13-16-9-7-6-8-10-16)17-14-35-23-20(26-5)22(30)27(23)21(17)24(31)34-25(2,3)4/h6-10,18,20,23H,11-14H2,1-4H3/t18?,20-,23-/m1/s1. The molecule has 0 N–H and O–H groups in total. The lowest BCUT2D eigenvalue weighted by atomic mass is 9.98. The lowest BCUT2D eigenvalue weighted by molar-refractivity contribution is -0.158. The van der Waals surface area contributed by atoms with Crippen LogP contribution in [0.4, 0.5) is 0 Å². The highest BCUT2D eigenvalue weighted by atomic mass is 32.2. The quantitative estimate of drug-likeness (QED) is 0.232. The topological polar surface area (TPSA) is 104 Å². The van der Waals surface area contributed by atoms with E-state index < -0.39 is 46.9 Å². The van der Waals surface area contributed by atoms with Crippen molar-refractivity contribution in [3.8, 4) is 0 Å². The summed E-state index contributed by atoms with van der Waals surface area (Å²) in [5.74, 6) is -2.08. The van der Waals surface area contributed by atoms with E-state index in [4.69, 9.17) is 20.8 Å². The predicted molar refractivity (Wildman–Crippen MR) is 127 cm³/mol. The fourth-order valence-corrected chi connectivity index (χ4v) is 5.13. The molecule has 0 radical (unpaired) electrons. The number of carbonyl (C=O) groups is 4. The van der Waals surface area contributed by atoms with E-state index in [0.29, 0.717) is 5.57 Å². The molecule has 1 saturated heterocycles. The maximum absolute atomic E-state index is 13.1. The van der Waals surface area contributed by atoms with E-state index in [1.807, 2.05) is 30.3 Å². The molecule has 0 saturated carbocycles. The number of nitrogens with zero attached hydrogens (tertiary/aromatic N) is 2. The molecular weight excluding hydrogens is 472 g/mol. The lowest BCUT2D eigenvalue weighted by Gasteiger charge is -2.45. The van der Waals surface area contributed by atoms with Gasteiger partial charge in [0.05, 0.1) is 0 Å². The Morgan fingerprint density at radius 1 is 1.23 bits per heavy atom. The number of carbonyl (C=O) groups excluding carboxylic acids is 4. The van der Waals surface area contributed by atoms with Gasteiger partial charge in [0.2, 0.25) is 0 Å². The Labute approximate surface area is 208 Å². The molecule has 3 rings (SSSR count). The summed E-state index contributed by atoms with van der Waals surface area (Å²) in [5, 5.41) is -0.514. The van der Waals surface area contributed by atoms with Crippen LogP contribution in [-0.4, -0.2) is 57.6 Å². The molecule has 10 heteroatoms. The number of β-lactam (4-membered cyclic amide) rings is 1. The van der Waals surface area contributed by atoms with Crippen molar-refractivity contribution in [3.63, 3.8) is 0 Å². The number of esters is 3. The Balaban J connectivity index is 1.83. The van der Waals surface area contributed by atoms with E-state index >= 15 is 0 Å². The van der Waals surface area contributed by atoms with Crippen LogP contribution in [0.15, 0.2) is 41.6 Å². The van der Waals surface area contributed by atoms with Gasteiger partial charge in [-0.2, -0.15) is 0 Å². The molecule has 2 aliphatic heterocycles. The summed E-state index contributed by atoms with van der Waals surface area (Å²) in [7, 11) is 0. The fourth-order valence-electron chi connectivity index (χ4n) is 3.73. The molecule has 0 bridgehead atoms. The average molecular weight is 501 g/mol. The summed E-state index contributed by atoms with van der Waals surface area (Å²) < 4.78 is 16.3. The number of rotatable bonds is 8. The van der Waals surface area contributed by atoms with E-state index in [1.54, 1.807) is 20.8 Å². The van der Waals surface area contributed by atoms with E-state index in [9.17, 15) is 19.2 Å². The van der Waals surface area contributed by atoms with Crippen molar-refractivity contribution in [1.82, 2.24) is 4.90 Å². The smallest absolute Gasteiger partial charge is 0.355 e. The van der Waals surface area contributed by atoms with E-state index in [1.165, 1.54) is 23.6 Å². The molecule has 0 aliphatic carbocycles. The molecule has 1 unspecified atom stereocenters. The first-order valence-electron chi connectivity index (χ1n) is 11.2. The molecule has 0 spiro atoms. The van der Waals surface area contributed by atoms with Crippen molar-refractivity contribution in [2.45, 2.75) is 70.3 Å². The zero-order valence-corrected chi connectivity index (χ0v) is 20.9. The van der Waals surface area contributed by atoms with Crippen molar-refractivity contribution < 1.29 is 33.4 Å². The Bertz CT molecular complexity index is 1070. The molecule has 1 aromatic rings. The van der Waals surface area contributed by atoms with Crippen molar-refractivity contribution in [2.24, 2.45) is 0 Å². The Morgan fingerprint density at radius 2 is 1.91 bits per heavy atom. The number of amides is 1. The van der Waals surface area contributed by atoms with E-state index in [0.717, 1.165) is 5.56 Å². The summed E-state index contributed by atoms with van der Waals surface area (Å²) in [5.41, 5.74) is 0.370. The minimum atomic E-state index is -0.937. The van der Waals surface area contributed by atoms with Crippen LogP contribution in [0, 0.1) is 6.57 Å². The first-order chi connectivity index (χ1) is 16.5. The summed E-state index contributed by atoms with van der Waals surface area (Å²) in [6, 6.07) is 8.34. The molecule has 2 aliphatic rings. The van der Waals surface area contributed by atoms with Gasteiger partial charge < -0.3 is 14.2 Å². The summed E-state index contributed by atoms with van der Waals surface area (Å²) in [6.45, 7) is 13.7. The van der Waals surface area contributed by atoms with Crippen molar-refractivity contribution in [1.29, 1.82) is 0 Å². The van der Waals surface area contributed by atoms with Gasteiger partial charge in [-0.1, -0.05) is 30.3 Å². The van der Waals surface area contributed by atoms with Crippen LogP contribution in [0.1, 0.15) is 46.1 Å². The third-order valence-corrected chi connectivity index (χ3v) is 6.54. The SMILES string of the molecule is [C-]#[N+][C@@H]1C(=O)N2C(C(=O)OC(C)(C)C)=C(C(CCC(=O)OCc3ccccc3)OC(C)=O)CS[C@H]12. The molecule has 1 aromatic carbocycles. The first-order valence-corrected chi connectivity index (χ1v) is 12.2. The van der Waals surface area contributed by atoms with Crippen LogP contribution in [0.3, 0.4) is 0 Å². The molecule has 1 fully saturated rings. The third kappa shape index (κ3) is 6.42. The second-order valence-corrected chi connectivity index (χ2v) is 10.2. The van der Waals surface area contributed by atoms with Gasteiger partial charge in [0, 0.05) is 24.7 Å². The Morgan fingerprint density at radius 3 is 2.51 bits per heavy atom. The van der Waals surface area contributed by atoms with Crippen LogP contribution in [0.2, 0.25) is 0 Å². The van der Waals surface area contributed by atoms with Crippen LogP contribution in [0.5, 0.6) is 0 Å². The van der Waals surface area contributed by atoms with Crippen LogP contribution in [0.25, 0.3) is 4.85 Å². The Hall–Kier alpha value is -3.32. The van der Waals surface area contributed by atoms with Gasteiger partial charge in [-0.15, -0.1) is 11.8 Å². The zero-order valence-electron chi connectivity index (χ0n) is 20.1. The highest BCUT2D eigenvalue weighted by Crippen LogP contribution is 2.44. The largest absolute Gasteiger partial charge is 0.461 e. The summed E-state index contributed by atoms with van der Waals surface area (Å²) >= 11 is 1.31. The summed E-state index contributed by atoms with van der Waals surface area (Å²) in [6.07, 6.45) is -0.941. The highest BCUT2D eigenvalue weighted by molar-refractivity contribution is 8.00. The highest BCUT2D eigenvalue weighted by Gasteiger charge is 2.59. The zero-order chi connectivity index (χ0) is 25.8. The maximum atomic E-state index is 13.1. The first kappa shape index (κ1) is 26.3. The average Bonchev–Trinajstić information content (AvgIpc) is 2.79. The molecule has 186 valence electrons. The van der Waals surface area contributed by atoms with Gasteiger partial charge >= 0.3 is 29.9 Å². The van der Waals surface area contributed by atoms with Gasteiger partial charge in [-0.3, -0.25) is 24.1 Å². The second-order valence-electron chi connectivity index (χ2n) is 9.14. The Kier molecular flexibility index (Phi) is 8.22. The number of hydrogen-bond donors (Lipinski definition) is 0. The number of ether oxygens (including phenoxy) is 3. The normalized spacial score (nSPS) is 20.2. The van der Waals surface area contributed by atoms with Crippen molar-refractivity contribution >= 4 is 35.6 Å². The van der Waals surface area contributed by atoms with E-state index in [2.05, 4.69) is 4.85 Å². The van der Waals surface area contributed by atoms with Crippen molar-refractivity contribution in [2.75, 3.05) is 5.75 Å². The minimum Gasteiger partial charge on any atom is -0.461 e. The fraction of sp³-hybridized carbons (Fsp3) is 0.480. The molecule has 0 aromatic heterocycles. The number of benzene rings is 1. The third-order valence-electron chi connectivity index (χ3n) is 5.25. The molecule has 9 nitrogen and oxygen atoms in total. The molecule has 35 heavy (non-hydrogen) atoms. The van der Waals surface area contributed by atoms with Gasteiger partial charge in [0.15, 0.2) is 5.37 Å². The van der Waals surface area contributed by atoms with Gasteiger partial charge in [-0.25, -0.2) is 11.4 Å². The predicted octanol–water partition coefficient (Wildman–Crippen LogP) is 3.24. The molecular formula is C25H28N2O7S. The number of hydrogen-bond acceptors (Lipinski definition) is 8. The molecule has 2 heterocycles.